The van der Waals surface area contributed by atoms with Gasteiger partial charge in [-0.05, 0) is 25.0 Å². The molecule has 2 heterocycles. The van der Waals surface area contributed by atoms with E-state index in [0.29, 0.717) is 16.6 Å². The highest BCUT2D eigenvalue weighted by Crippen LogP contribution is 2.42. The van der Waals surface area contributed by atoms with Gasteiger partial charge in [0.05, 0.1) is 11.1 Å². The van der Waals surface area contributed by atoms with E-state index in [1.165, 1.54) is 24.2 Å². The zero-order chi connectivity index (χ0) is 14.2. The fourth-order valence-electron chi connectivity index (χ4n) is 2.24. The van der Waals surface area contributed by atoms with Gasteiger partial charge in [0.25, 0.3) is 5.91 Å². The molecule has 3 aromatic rings. The van der Waals surface area contributed by atoms with Gasteiger partial charge in [0.2, 0.25) is 5.13 Å². The van der Waals surface area contributed by atoms with Crippen molar-refractivity contribution < 1.29 is 4.79 Å². The molecule has 1 aliphatic carbocycles. The molecule has 4 rings (SSSR count). The summed E-state index contributed by atoms with van der Waals surface area (Å²) in [6.07, 6.45) is 4.00. The fourth-order valence-corrected chi connectivity index (χ4v) is 3.15. The van der Waals surface area contributed by atoms with E-state index in [4.69, 9.17) is 0 Å². The largest absolute Gasteiger partial charge is 0.296 e. The highest BCUT2D eigenvalue weighted by atomic mass is 32.1. The molecule has 0 radical (unpaired) electrons. The van der Waals surface area contributed by atoms with E-state index in [-0.39, 0.29) is 5.91 Å². The van der Waals surface area contributed by atoms with E-state index in [2.05, 4.69) is 20.5 Å². The molecule has 0 aliphatic heterocycles. The molecule has 0 spiro atoms. The zero-order valence-corrected chi connectivity index (χ0v) is 11.9. The van der Waals surface area contributed by atoms with Crippen LogP contribution in [0.15, 0.2) is 36.5 Å². The van der Waals surface area contributed by atoms with Crippen molar-refractivity contribution in [3.8, 4) is 0 Å². The molecule has 2 aromatic heterocycles. The van der Waals surface area contributed by atoms with Crippen LogP contribution in [0.2, 0.25) is 0 Å². The summed E-state index contributed by atoms with van der Waals surface area (Å²) < 4.78 is 0. The standard InChI is InChI=1S/C15H12N4OS/c20-13(17-15-19-18-14(21-15)9-5-6-9)11-7-8-16-12-4-2-1-3-10(11)12/h1-4,7-9H,5-6H2,(H,17,19,20). The number of hydrogen-bond acceptors (Lipinski definition) is 5. The van der Waals surface area contributed by atoms with Crippen molar-refractivity contribution in [3.63, 3.8) is 0 Å². The van der Waals surface area contributed by atoms with E-state index in [9.17, 15) is 4.79 Å². The second kappa shape index (κ2) is 4.89. The first-order valence-electron chi connectivity index (χ1n) is 6.80. The first-order valence-corrected chi connectivity index (χ1v) is 7.61. The lowest BCUT2D eigenvalue weighted by Crippen LogP contribution is -2.12. The molecule has 0 saturated heterocycles. The number of aromatic nitrogens is 3. The predicted octanol–water partition coefficient (Wildman–Crippen LogP) is 3.22. The molecule has 21 heavy (non-hydrogen) atoms. The zero-order valence-electron chi connectivity index (χ0n) is 11.1. The number of benzene rings is 1. The third kappa shape index (κ3) is 2.38. The Morgan fingerprint density at radius 3 is 2.90 bits per heavy atom. The van der Waals surface area contributed by atoms with E-state index in [0.717, 1.165) is 15.9 Å². The van der Waals surface area contributed by atoms with Gasteiger partial charge in [-0.1, -0.05) is 29.5 Å². The molecular weight excluding hydrogens is 284 g/mol. The summed E-state index contributed by atoms with van der Waals surface area (Å²) in [7, 11) is 0. The molecule has 104 valence electrons. The lowest BCUT2D eigenvalue weighted by atomic mass is 10.1. The van der Waals surface area contributed by atoms with E-state index >= 15 is 0 Å². The Balaban J connectivity index is 1.63. The van der Waals surface area contributed by atoms with Crippen LogP contribution >= 0.6 is 11.3 Å². The van der Waals surface area contributed by atoms with Crippen LogP contribution in [0.25, 0.3) is 10.9 Å². The molecule has 1 aliphatic rings. The maximum absolute atomic E-state index is 12.4. The Morgan fingerprint density at radius 1 is 1.19 bits per heavy atom. The second-order valence-electron chi connectivity index (χ2n) is 5.05. The molecule has 1 aromatic carbocycles. The average molecular weight is 296 g/mol. The number of pyridine rings is 1. The number of carbonyl (C=O) groups excluding carboxylic acids is 1. The second-order valence-corrected chi connectivity index (χ2v) is 6.06. The van der Waals surface area contributed by atoms with Crippen molar-refractivity contribution in [2.75, 3.05) is 5.32 Å². The van der Waals surface area contributed by atoms with E-state index < -0.39 is 0 Å². The van der Waals surface area contributed by atoms with Crippen molar-refractivity contribution in [2.45, 2.75) is 18.8 Å². The number of nitrogens with zero attached hydrogens (tertiary/aromatic N) is 3. The molecule has 0 unspecified atom stereocenters. The number of nitrogens with one attached hydrogen (secondary N) is 1. The predicted molar refractivity (Wildman–Crippen MR) is 81.6 cm³/mol. The third-order valence-corrected chi connectivity index (χ3v) is 4.48. The Hall–Kier alpha value is -2.34. The minimum absolute atomic E-state index is 0.174. The summed E-state index contributed by atoms with van der Waals surface area (Å²) in [4.78, 5) is 16.7. The Labute approximate surface area is 125 Å². The van der Waals surface area contributed by atoms with Gasteiger partial charge >= 0.3 is 0 Å². The van der Waals surface area contributed by atoms with Crippen molar-refractivity contribution >= 4 is 33.3 Å². The molecule has 1 saturated carbocycles. The molecule has 1 fully saturated rings. The summed E-state index contributed by atoms with van der Waals surface area (Å²) in [6, 6.07) is 9.32. The number of anilines is 1. The summed E-state index contributed by atoms with van der Waals surface area (Å²) >= 11 is 1.46. The lowest BCUT2D eigenvalue weighted by molar-refractivity contribution is 0.102. The van der Waals surface area contributed by atoms with Gasteiger partial charge in [0.15, 0.2) is 0 Å². The normalized spacial score (nSPS) is 14.3. The van der Waals surface area contributed by atoms with Crippen molar-refractivity contribution in [3.05, 3.63) is 47.1 Å². The quantitative estimate of drug-likeness (QED) is 0.806. The number of fused-ring (bicyclic) bond motifs is 1. The lowest BCUT2D eigenvalue weighted by Gasteiger charge is -2.04. The smallest absolute Gasteiger partial charge is 0.258 e. The number of hydrogen-bond donors (Lipinski definition) is 1. The van der Waals surface area contributed by atoms with Gasteiger partial charge in [0.1, 0.15) is 5.01 Å². The van der Waals surface area contributed by atoms with Gasteiger partial charge in [-0.15, -0.1) is 10.2 Å². The Kier molecular flexibility index (Phi) is 2.89. The summed E-state index contributed by atoms with van der Waals surface area (Å²) in [5.74, 6) is 0.377. The van der Waals surface area contributed by atoms with Gasteiger partial charge in [-0.25, -0.2) is 0 Å². The number of carbonyl (C=O) groups is 1. The monoisotopic (exact) mass is 296 g/mol. The average Bonchev–Trinajstić information content (AvgIpc) is 3.27. The SMILES string of the molecule is O=C(Nc1nnc(C2CC2)s1)c1ccnc2ccccc12. The van der Waals surface area contributed by atoms with Crippen LogP contribution in [0, 0.1) is 0 Å². The maximum atomic E-state index is 12.4. The van der Waals surface area contributed by atoms with E-state index in [1.807, 2.05) is 24.3 Å². The molecule has 5 nitrogen and oxygen atoms in total. The number of rotatable bonds is 3. The topological polar surface area (TPSA) is 67.8 Å². The van der Waals surface area contributed by atoms with Crippen LogP contribution < -0.4 is 5.32 Å². The Bertz CT molecular complexity index is 820. The van der Waals surface area contributed by atoms with Crippen LogP contribution in [-0.2, 0) is 0 Å². The number of amides is 1. The van der Waals surface area contributed by atoms with Crippen molar-refractivity contribution in [1.29, 1.82) is 0 Å². The molecule has 6 heteroatoms. The Morgan fingerprint density at radius 2 is 2.05 bits per heavy atom. The summed E-state index contributed by atoms with van der Waals surface area (Å²) in [5, 5.41) is 13.4. The van der Waals surface area contributed by atoms with Crippen LogP contribution in [0.5, 0.6) is 0 Å². The molecule has 0 bridgehead atoms. The van der Waals surface area contributed by atoms with Gasteiger partial charge in [-0.3, -0.25) is 15.1 Å². The van der Waals surface area contributed by atoms with Crippen LogP contribution in [0.1, 0.15) is 34.1 Å². The van der Waals surface area contributed by atoms with Gasteiger partial charge < -0.3 is 0 Å². The minimum atomic E-state index is -0.174. The number of para-hydroxylation sites is 1. The summed E-state index contributed by atoms with van der Waals surface area (Å²) in [5.41, 5.74) is 1.41. The first-order chi connectivity index (χ1) is 10.3. The fraction of sp³-hybridized carbons (Fsp3) is 0.200. The summed E-state index contributed by atoms with van der Waals surface area (Å²) in [6.45, 7) is 0. The highest BCUT2D eigenvalue weighted by molar-refractivity contribution is 7.15. The minimum Gasteiger partial charge on any atom is -0.296 e. The molecule has 0 atom stereocenters. The van der Waals surface area contributed by atoms with Crippen LogP contribution in [0.4, 0.5) is 5.13 Å². The molecule has 1 amide bonds. The molecular formula is C15H12N4OS. The van der Waals surface area contributed by atoms with Crippen molar-refractivity contribution in [2.24, 2.45) is 0 Å². The van der Waals surface area contributed by atoms with Crippen molar-refractivity contribution in [1.82, 2.24) is 15.2 Å². The maximum Gasteiger partial charge on any atom is 0.258 e. The first kappa shape index (κ1) is 12.4. The highest BCUT2D eigenvalue weighted by Gasteiger charge is 2.27. The van der Waals surface area contributed by atoms with Crippen LogP contribution in [-0.4, -0.2) is 21.1 Å². The third-order valence-electron chi connectivity index (χ3n) is 3.48. The van der Waals surface area contributed by atoms with E-state index in [1.54, 1.807) is 12.3 Å². The molecule has 1 N–H and O–H groups in total. The van der Waals surface area contributed by atoms with Gasteiger partial charge in [-0.2, -0.15) is 0 Å². The van der Waals surface area contributed by atoms with Gasteiger partial charge in [0, 0.05) is 17.5 Å². The van der Waals surface area contributed by atoms with Crippen LogP contribution in [0.3, 0.4) is 0 Å².